The van der Waals surface area contributed by atoms with Crippen molar-refractivity contribution in [2.45, 2.75) is 27.7 Å². The van der Waals surface area contributed by atoms with Gasteiger partial charge in [-0.1, -0.05) is 0 Å². The van der Waals surface area contributed by atoms with Crippen LogP contribution in [0.4, 0.5) is 0 Å². The van der Waals surface area contributed by atoms with Crippen LogP contribution < -0.4 is 0 Å². The van der Waals surface area contributed by atoms with Gasteiger partial charge in [-0.25, -0.2) is 9.97 Å². The molecule has 112 valence electrons. The highest BCUT2D eigenvalue weighted by Gasteiger charge is 2.20. The Morgan fingerprint density at radius 1 is 0.636 bits per heavy atom. The van der Waals surface area contributed by atoms with Gasteiger partial charge in [0.05, 0.1) is 29.5 Å². The second kappa shape index (κ2) is 5.23. The van der Waals surface area contributed by atoms with Gasteiger partial charge >= 0.3 is 0 Å². The van der Waals surface area contributed by atoms with Gasteiger partial charge in [0.25, 0.3) is 0 Å². The lowest BCUT2D eigenvalue weighted by Gasteiger charge is -1.96. The van der Waals surface area contributed by atoms with Crippen LogP contribution in [0.3, 0.4) is 0 Å². The standard InChI is InChI=1S/C16H14N2S4/c1-7-13(11-5-17-9(3)19-11)21-16-8(2)14(22-15(7)16)12-6-18-10(4)20-12/h5-6H,1-4H3. The van der Waals surface area contributed by atoms with E-state index in [4.69, 9.17) is 0 Å². The number of hydrogen-bond acceptors (Lipinski definition) is 6. The minimum Gasteiger partial charge on any atom is -0.249 e. The number of hydrogen-bond donors (Lipinski definition) is 0. The average Bonchev–Trinajstić information content (AvgIpc) is 3.20. The number of fused-ring (bicyclic) bond motifs is 1. The Hall–Kier alpha value is -1.08. The van der Waals surface area contributed by atoms with Gasteiger partial charge in [-0.05, 0) is 38.8 Å². The molecule has 0 saturated heterocycles. The number of aromatic nitrogens is 2. The summed E-state index contributed by atoms with van der Waals surface area (Å²) in [6.07, 6.45) is 4.01. The largest absolute Gasteiger partial charge is 0.249 e. The van der Waals surface area contributed by atoms with E-state index in [0.717, 1.165) is 10.0 Å². The number of thiophene rings is 2. The zero-order valence-electron chi connectivity index (χ0n) is 12.7. The van der Waals surface area contributed by atoms with Crippen molar-refractivity contribution in [1.29, 1.82) is 0 Å². The lowest BCUT2D eigenvalue weighted by atomic mass is 10.2. The van der Waals surface area contributed by atoms with Crippen molar-refractivity contribution >= 4 is 54.7 Å². The molecule has 0 fully saturated rings. The van der Waals surface area contributed by atoms with E-state index in [1.165, 1.54) is 40.0 Å². The average molecular weight is 363 g/mol. The highest BCUT2D eigenvalue weighted by molar-refractivity contribution is 7.34. The van der Waals surface area contributed by atoms with Crippen molar-refractivity contribution in [3.05, 3.63) is 33.5 Å². The van der Waals surface area contributed by atoms with Crippen molar-refractivity contribution in [3.8, 4) is 19.5 Å². The van der Waals surface area contributed by atoms with Gasteiger partial charge in [0.15, 0.2) is 0 Å². The summed E-state index contributed by atoms with van der Waals surface area (Å²) in [5.41, 5.74) is 2.79. The van der Waals surface area contributed by atoms with Crippen LogP contribution in [0.1, 0.15) is 21.1 Å². The van der Waals surface area contributed by atoms with Crippen molar-refractivity contribution in [2.24, 2.45) is 0 Å². The van der Waals surface area contributed by atoms with Gasteiger partial charge in [0.2, 0.25) is 0 Å². The Bertz CT molecular complexity index is 903. The third kappa shape index (κ3) is 2.17. The molecule has 4 heterocycles. The molecule has 2 nitrogen and oxygen atoms in total. The molecule has 4 aromatic heterocycles. The quantitative estimate of drug-likeness (QED) is 0.410. The Balaban J connectivity index is 1.91. The zero-order valence-corrected chi connectivity index (χ0v) is 15.9. The van der Waals surface area contributed by atoms with E-state index in [1.54, 1.807) is 22.7 Å². The Morgan fingerprint density at radius 2 is 1.05 bits per heavy atom. The molecule has 4 rings (SSSR count). The SMILES string of the molecule is Cc1ncc(-c2sc3c(C)c(-c4cnc(C)s4)sc3c2C)s1. The second-order valence-electron chi connectivity index (χ2n) is 5.26. The van der Waals surface area contributed by atoms with Crippen molar-refractivity contribution in [3.63, 3.8) is 0 Å². The van der Waals surface area contributed by atoms with Gasteiger partial charge in [-0.15, -0.1) is 45.3 Å². The molecule has 0 spiro atoms. The lowest BCUT2D eigenvalue weighted by molar-refractivity contribution is 1.30. The number of rotatable bonds is 2. The van der Waals surface area contributed by atoms with E-state index in [-0.39, 0.29) is 0 Å². The maximum Gasteiger partial charge on any atom is 0.0900 e. The molecule has 6 heteroatoms. The molecule has 0 unspecified atom stereocenters. The van der Waals surface area contributed by atoms with Crippen molar-refractivity contribution in [2.75, 3.05) is 0 Å². The Kier molecular flexibility index (Phi) is 3.45. The predicted molar refractivity (Wildman–Crippen MR) is 101 cm³/mol. The summed E-state index contributed by atoms with van der Waals surface area (Å²) in [5, 5.41) is 2.26. The molecular formula is C16H14N2S4. The first-order valence-corrected chi connectivity index (χ1v) is 10.2. The summed E-state index contributed by atoms with van der Waals surface area (Å²) in [4.78, 5) is 14.1. The number of thiazole rings is 2. The molecule has 0 aromatic carbocycles. The summed E-state index contributed by atoms with van der Waals surface area (Å²) in [5.74, 6) is 0. The van der Waals surface area contributed by atoms with Gasteiger partial charge < -0.3 is 0 Å². The second-order valence-corrected chi connectivity index (χ2v) is 9.77. The van der Waals surface area contributed by atoms with Crippen LogP contribution >= 0.6 is 45.3 Å². The van der Waals surface area contributed by atoms with Gasteiger partial charge in [0, 0.05) is 21.8 Å². The van der Waals surface area contributed by atoms with Crippen LogP contribution in [0.2, 0.25) is 0 Å². The fraction of sp³-hybridized carbons (Fsp3) is 0.250. The normalized spacial score (nSPS) is 11.6. The molecule has 22 heavy (non-hydrogen) atoms. The molecule has 0 aliphatic heterocycles. The molecule has 0 N–H and O–H groups in total. The first-order chi connectivity index (χ1) is 10.5. The van der Waals surface area contributed by atoms with E-state index in [0.29, 0.717) is 0 Å². The Morgan fingerprint density at radius 3 is 1.36 bits per heavy atom. The van der Waals surface area contributed by atoms with E-state index >= 15 is 0 Å². The Labute approximate surface area is 145 Å². The summed E-state index contributed by atoms with van der Waals surface area (Å²) >= 11 is 7.37. The van der Waals surface area contributed by atoms with Crippen LogP contribution in [-0.2, 0) is 0 Å². The first-order valence-electron chi connectivity index (χ1n) is 6.92. The predicted octanol–water partition coefficient (Wildman–Crippen LogP) is 6.44. The van der Waals surface area contributed by atoms with E-state index < -0.39 is 0 Å². The molecule has 0 saturated carbocycles. The van der Waals surface area contributed by atoms with Crippen LogP contribution in [-0.4, -0.2) is 9.97 Å². The minimum atomic E-state index is 1.13. The van der Waals surface area contributed by atoms with E-state index in [2.05, 4.69) is 37.7 Å². The highest BCUT2D eigenvalue weighted by Crippen LogP contribution is 2.49. The molecular weight excluding hydrogens is 348 g/mol. The fourth-order valence-corrected chi connectivity index (χ4v) is 7.21. The van der Waals surface area contributed by atoms with Crippen LogP contribution in [0, 0.1) is 27.7 Å². The van der Waals surface area contributed by atoms with E-state index in [9.17, 15) is 0 Å². The minimum absolute atomic E-state index is 1.13. The summed E-state index contributed by atoms with van der Waals surface area (Å²) < 4.78 is 2.84. The van der Waals surface area contributed by atoms with Gasteiger partial charge in [-0.3, -0.25) is 0 Å². The number of nitrogens with zero attached hydrogens (tertiary/aromatic N) is 2. The smallest absolute Gasteiger partial charge is 0.0900 e. The zero-order chi connectivity index (χ0) is 15.4. The maximum atomic E-state index is 4.40. The van der Waals surface area contributed by atoms with Crippen molar-refractivity contribution in [1.82, 2.24) is 9.97 Å². The van der Waals surface area contributed by atoms with Gasteiger partial charge in [0.1, 0.15) is 0 Å². The first kappa shape index (κ1) is 14.5. The van der Waals surface area contributed by atoms with Crippen LogP contribution in [0.25, 0.3) is 28.9 Å². The highest BCUT2D eigenvalue weighted by atomic mass is 32.1. The summed E-state index contributed by atoms with van der Waals surface area (Å²) in [7, 11) is 0. The number of aryl methyl sites for hydroxylation is 4. The molecule has 0 bridgehead atoms. The van der Waals surface area contributed by atoms with Crippen LogP contribution in [0.15, 0.2) is 12.4 Å². The van der Waals surface area contributed by atoms with Crippen molar-refractivity contribution < 1.29 is 0 Å². The maximum absolute atomic E-state index is 4.40. The topological polar surface area (TPSA) is 25.8 Å². The summed E-state index contributed by atoms with van der Waals surface area (Å²) in [6, 6.07) is 0. The van der Waals surface area contributed by atoms with E-state index in [1.807, 2.05) is 35.1 Å². The fourth-order valence-electron chi connectivity index (χ4n) is 2.55. The molecule has 0 atom stereocenters. The molecule has 0 aliphatic carbocycles. The van der Waals surface area contributed by atoms with Crippen LogP contribution in [0.5, 0.6) is 0 Å². The van der Waals surface area contributed by atoms with Gasteiger partial charge in [-0.2, -0.15) is 0 Å². The molecule has 4 aromatic rings. The molecule has 0 radical (unpaired) electrons. The molecule has 0 aliphatic rings. The lowest BCUT2D eigenvalue weighted by Crippen LogP contribution is -1.70. The molecule has 0 amide bonds. The summed E-state index contributed by atoms with van der Waals surface area (Å²) in [6.45, 7) is 8.60. The monoisotopic (exact) mass is 362 g/mol. The third-order valence-electron chi connectivity index (χ3n) is 3.67. The third-order valence-corrected chi connectivity index (χ3v) is 8.80.